The fraction of sp³-hybridized carbons (Fsp3) is 0.429. The Morgan fingerprint density at radius 2 is 2.21 bits per heavy atom. The third-order valence-electron chi connectivity index (χ3n) is 2.84. The molecule has 0 heterocycles. The van der Waals surface area contributed by atoms with E-state index in [9.17, 15) is 15.0 Å². The number of nitrogens with zero attached hydrogens (tertiary/aromatic N) is 1. The minimum Gasteiger partial charge on any atom is -0.390 e. The van der Waals surface area contributed by atoms with Crippen LogP contribution in [0.5, 0.6) is 0 Å². The van der Waals surface area contributed by atoms with Gasteiger partial charge >= 0.3 is 0 Å². The van der Waals surface area contributed by atoms with Gasteiger partial charge < -0.3 is 15.5 Å². The summed E-state index contributed by atoms with van der Waals surface area (Å²) in [6, 6.07) is 8.19. The van der Waals surface area contributed by atoms with Crippen LogP contribution in [0, 0.1) is 11.3 Å². The van der Waals surface area contributed by atoms with E-state index in [1.807, 2.05) is 0 Å². The molecule has 0 spiro atoms. The minimum absolute atomic E-state index is 0.193. The number of hydrogen-bond donors (Lipinski definition) is 3. The van der Waals surface area contributed by atoms with Crippen LogP contribution in [0.15, 0.2) is 24.3 Å². The van der Waals surface area contributed by atoms with Crippen LogP contribution in [0.25, 0.3) is 0 Å². The summed E-state index contributed by atoms with van der Waals surface area (Å²) in [5.41, 5.74) is 0.853. The number of ketones is 1. The second-order valence-corrected chi connectivity index (χ2v) is 4.29. The zero-order valence-corrected chi connectivity index (χ0v) is 10.8. The van der Waals surface area contributed by atoms with E-state index < -0.39 is 12.2 Å². The van der Waals surface area contributed by atoms with Crippen LogP contribution in [-0.2, 0) is 0 Å². The molecule has 1 rings (SSSR count). The Hall–Kier alpha value is -1.74. The number of nitrogens with one attached hydrogen (secondary N) is 1. The van der Waals surface area contributed by atoms with Gasteiger partial charge in [-0.15, -0.1) is 0 Å². The minimum atomic E-state index is -1.04. The van der Waals surface area contributed by atoms with Gasteiger partial charge in [-0.1, -0.05) is 18.2 Å². The summed E-state index contributed by atoms with van der Waals surface area (Å²) in [6.45, 7) is 0.589. The number of nitriles is 1. The maximum absolute atomic E-state index is 11.6. The first kappa shape index (κ1) is 15.3. The molecule has 0 saturated heterocycles. The molecule has 0 aliphatic heterocycles. The molecule has 3 N–H and O–H groups in total. The highest BCUT2D eigenvalue weighted by Crippen LogP contribution is 2.20. The molecule has 0 aliphatic carbocycles. The standard InChI is InChI=1S/C14H18N2O3/c1-16-8-6-13(18)14(19)11-4-2-3-10(9-11)12(17)5-7-15/h2-4,9,13-14,16,18-19H,5-6,8H2,1H3. The second kappa shape index (κ2) is 7.64. The monoisotopic (exact) mass is 262 g/mol. The van der Waals surface area contributed by atoms with E-state index in [2.05, 4.69) is 5.32 Å². The number of carbonyl (C=O) groups excluding carboxylic acids is 1. The molecule has 5 nitrogen and oxygen atoms in total. The fourth-order valence-electron chi connectivity index (χ4n) is 1.74. The molecule has 0 bridgehead atoms. The number of carbonyl (C=O) groups is 1. The Morgan fingerprint density at radius 1 is 1.47 bits per heavy atom. The summed E-state index contributed by atoms with van der Waals surface area (Å²) in [5, 5.41) is 31.2. The van der Waals surface area contributed by atoms with Crippen LogP contribution >= 0.6 is 0 Å². The van der Waals surface area contributed by atoms with E-state index in [-0.39, 0.29) is 12.2 Å². The van der Waals surface area contributed by atoms with E-state index in [1.54, 1.807) is 31.3 Å². The number of hydrogen-bond acceptors (Lipinski definition) is 5. The first-order chi connectivity index (χ1) is 9.10. The Morgan fingerprint density at radius 3 is 2.84 bits per heavy atom. The Bertz CT molecular complexity index is 468. The van der Waals surface area contributed by atoms with Gasteiger partial charge in [0.15, 0.2) is 5.78 Å². The first-order valence-electron chi connectivity index (χ1n) is 6.11. The Kier molecular flexibility index (Phi) is 6.16. The van der Waals surface area contributed by atoms with E-state index >= 15 is 0 Å². The van der Waals surface area contributed by atoms with Crippen molar-refractivity contribution in [1.82, 2.24) is 5.32 Å². The molecule has 0 aliphatic rings. The van der Waals surface area contributed by atoms with Crippen LogP contribution in [0.4, 0.5) is 0 Å². The highest BCUT2D eigenvalue weighted by molar-refractivity contribution is 5.97. The molecule has 0 radical (unpaired) electrons. The zero-order valence-electron chi connectivity index (χ0n) is 10.8. The van der Waals surface area contributed by atoms with Crippen molar-refractivity contribution in [3.63, 3.8) is 0 Å². The van der Waals surface area contributed by atoms with Crippen molar-refractivity contribution in [2.24, 2.45) is 0 Å². The summed E-state index contributed by atoms with van der Waals surface area (Å²) in [5.74, 6) is -0.290. The quantitative estimate of drug-likeness (QED) is 0.632. The van der Waals surface area contributed by atoms with Gasteiger partial charge in [0, 0.05) is 5.56 Å². The lowest BCUT2D eigenvalue weighted by Crippen LogP contribution is -2.23. The van der Waals surface area contributed by atoms with Gasteiger partial charge in [0.2, 0.25) is 0 Å². The molecule has 0 fully saturated rings. The SMILES string of the molecule is CNCCC(O)C(O)c1cccc(C(=O)CC#N)c1. The van der Waals surface area contributed by atoms with Crippen LogP contribution < -0.4 is 5.32 Å². The molecule has 19 heavy (non-hydrogen) atoms. The topological polar surface area (TPSA) is 93.3 Å². The van der Waals surface area contributed by atoms with Gasteiger partial charge in [0.05, 0.1) is 18.6 Å². The van der Waals surface area contributed by atoms with Gasteiger partial charge in [0.25, 0.3) is 0 Å². The maximum atomic E-state index is 11.6. The number of Topliss-reactive ketones (excluding diaryl/α,β-unsaturated/α-hetero) is 1. The molecule has 0 aromatic heterocycles. The largest absolute Gasteiger partial charge is 0.390 e. The number of aliphatic hydroxyl groups is 2. The van der Waals surface area contributed by atoms with Crippen molar-refractivity contribution in [3.8, 4) is 6.07 Å². The Labute approximate surface area is 112 Å². The van der Waals surface area contributed by atoms with Crippen molar-refractivity contribution >= 4 is 5.78 Å². The number of rotatable bonds is 7. The van der Waals surface area contributed by atoms with Gasteiger partial charge in [-0.25, -0.2) is 0 Å². The highest BCUT2D eigenvalue weighted by atomic mass is 16.3. The third-order valence-corrected chi connectivity index (χ3v) is 2.84. The second-order valence-electron chi connectivity index (χ2n) is 4.29. The lowest BCUT2D eigenvalue weighted by molar-refractivity contribution is 0.0140. The fourth-order valence-corrected chi connectivity index (χ4v) is 1.74. The van der Waals surface area contributed by atoms with E-state index in [1.165, 1.54) is 6.07 Å². The predicted octanol–water partition coefficient (Wildman–Crippen LogP) is 0.787. The molecular weight excluding hydrogens is 244 g/mol. The van der Waals surface area contributed by atoms with Gasteiger partial charge in [0.1, 0.15) is 6.10 Å². The van der Waals surface area contributed by atoms with E-state index in [0.29, 0.717) is 24.1 Å². The molecular formula is C14H18N2O3. The molecule has 2 atom stereocenters. The maximum Gasteiger partial charge on any atom is 0.176 e. The van der Waals surface area contributed by atoms with Gasteiger partial charge in [-0.2, -0.15) is 5.26 Å². The third kappa shape index (κ3) is 4.45. The van der Waals surface area contributed by atoms with E-state index in [0.717, 1.165) is 0 Å². The lowest BCUT2D eigenvalue weighted by Gasteiger charge is -2.18. The number of aliphatic hydroxyl groups excluding tert-OH is 2. The van der Waals surface area contributed by atoms with Crippen molar-refractivity contribution in [3.05, 3.63) is 35.4 Å². The molecule has 0 saturated carbocycles. The average molecular weight is 262 g/mol. The van der Waals surface area contributed by atoms with E-state index in [4.69, 9.17) is 5.26 Å². The van der Waals surface area contributed by atoms with Crippen LogP contribution in [0.2, 0.25) is 0 Å². The summed E-state index contributed by atoms with van der Waals surface area (Å²) in [7, 11) is 1.76. The molecule has 1 aromatic carbocycles. The molecule has 2 unspecified atom stereocenters. The Balaban J connectivity index is 2.81. The highest BCUT2D eigenvalue weighted by Gasteiger charge is 2.18. The lowest BCUT2D eigenvalue weighted by atomic mass is 9.98. The summed E-state index contributed by atoms with van der Waals surface area (Å²) < 4.78 is 0. The number of benzene rings is 1. The molecule has 102 valence electrons. The smallest absolute Gasteiger partial charge is 0.176 e. The van der Waals surface area contributed by atoms with Crippen LogP contribution in [-0.4, -0.2) is 35.7 Å². The molecule has 5 heteroatoms. The van der Waals surface area contributed by atoms with Crippen molar-refractivity contribution in [2.45, 2.75) is 25.0 Å². The normalized spacial score (nSPS) is 13.6. The zero-order chi connectivity index (χ0) is 14.3. The molecule has 1 aromatic rings. The van der Waals surface area contributed by atoms with Gasteiger partial charge in [-0.05, 0) is 31.6 Å². The summed E-state index contributed by atoms with van der Waals surface area (Å²) in [4.78, 5) is 11.6. The first-order valence-corrected chi connectivity index (χ1v) is 6.11. The van der Waals surface area contributed by atoms with Crippen LogP contribution in [0.1, 0.15) is 34.9 Å². The van der Waals surface area contributed by atoms with Crippen molar-refractivity contribution in [2.75, 3.05) is 13.6 Å². The van der Waals surface area contributed by atoms with Crippen LogP contribution in [0.3, 0.4) is 0 Å². The predicted molar refractivity (Wildman–Crippen MR) is 70.5 cm³/mol. The summed E-state index contributed by atoms with van der Waals surface area (Å²) in [6.07, 6.45) is -1.72. The average Bonchev–Trinajstić information content (AvgIpc) is 2.44. The van der Waals surface area contributed by atoms with Crippen molar-refractivity contribution in [1.29, 1.82) is 5.26 Å². The van der Waals surface area contributed by atoms with Crippen molar-refractivity contribution < 1.29 is 15.0 Å². The van der Waals surface area contributed by atoms with Gasteiger partial charge in [-0.3, -0.25) is 4.79 Å². The molecule has 0 amide bonds. The summed E-state index contributed by atoms with van der Waals surface area (Å²) >= 11 is 0.